The molecule has 5 heteroatoms. The van der Waals surface area contributed by atoms with Crippen molar-refractivity contribution in [2.75, 3.05) is 46.9 Å². The Kier molecular flexibility index (Phi) is 4.36. The predicted octanol–water partition coefficient (Wildman–Crippen LogP) is -0.473. The second kappa shape index (κ2) is 5.80. The molecule has 0 bridgehead atoms. The molecule has 98 valence electrons. The van der Waals surface area contributed by atoms with E-state index in [2.05, 4.69) is 10.2 Å². The summed E-state index contributed by atoms with van der Waals surface area (Å²) in [5, 5.41) is 3.15. The molecule has 1 N–H and O–H groups in total. The Balaban J connectivity index is 1.87. The van der Waals surface area contributed by atoms with Gasteiger partial charge in [-0.25, -0.2) is 0 Å². The molecule has 0 aromatic heterocycles. The van der Waals surface area contributed by atoms with Gasteiger partial charge in [0.05, 0.1) is 18.7 Å². The molecule has 2 aliphatic heterocycles. The molecule has 0 aromatic rings. The quantitative estimate of drug-likeness (QED) is 0.722. The van der Waals surface area contributed by atoms with Crippen molar-refractivity contribution in [3.63, 3.8) is 0 Å². The second-order valence-corrected chi connectivity index (χ2v) is 5.05. The molecule has 2 saturated heterocycles. The zero-order valence-electron chi connectivity index (χ0n) is 10.8. The molecule has 0 radical (unpaired) electrons. The minimum absolute atomic E-state index is 0.217. The maximum atomic E-state index is 11.9. The van der Waals surface area contributed by atoms with Crippen LogP contribution in [0, 0.1) is 0 Å². The molecule has 17 heavy (non-hydrogen) atoms. The third-order valence-electron chi connectivity index (χ3n) is 3.69. The van der Waals surface area contributed by atoms with E-state index in [0.29, 0.717) is 12.6 Å². The first-order valence-corrected chi connectivity index (χ1v) is 6.45. The number of amides is 1. The van der Waals surface area contributed by atoms with Gasteiger partial charge in [0.1, 0.15) is 0 Å². The SMILES string of the molecule is CNCC1CN(CC2CCCO2)CC(=O)N1C. The van der Waals surface area contributed by atoms with Gasteiger partial charge in [0.2, 0.25) is 5.91 Å². The predicted molar refractivity (Wildman–Crippen MR) is 65.9 cm³/mol. The van der Waals surface area contributed by atoms with Crippen molar-refractivity contribution >= 4 is 5.91 Å². The molecular weight excluding hydrogens is 218 g/mol. The second-order valence-electron chi connectivity index (χ2n) is 5.05. The summed E-state index contributed by atoms with van der Waals surface area (Å²) in [7, 11) is 3.82. The molecule has 2 unspecified atom stereocenters. The molecule has 2 fully saturated rings. The Morgan fingerprint density at radius 1 is 1.53 bits per heavy atom. The van der Waals surface area contributed by atoms with E-state index in [9.17, 15) is 4.79 Å². The molecule has 1 amide bonds. The topological polar surface area (TPSA) is 44.8 Å². The number of hydrogen-bond acceptors (Lipinski definition) is 4. The minimum atomic E-state index is 0.217. The van der Waals surface area contributed by atoms with Gasteiger partial charge in [0, 0.05) is 33.3 Å². The summed E-state index contributed by atoms with van der Waals surface area (Å²) in [6.07, 6.45) is 2.63. The molecule has 2 aliphatic rings. The monoisotopic (exact) mass is 241 g/mol. The van der Waals surface area contributed by atoms with Crippen LogP contribution in [-0.4, -0.2) is 74.7 Å². The Labute approximate surface area is 103 Å². The molecular formula is C12H23N3O2. The number of hydrogen-bond donors (Lipinski definition) is 1. The largest absolute Gasteiger partial charge is 0.377 e. The lowest BCUT2D eigenvalue weighted by molar-refractivity contribution is -0.138. The fourth-order valence-electron chi connectivity index (χ4n) is 2.64. The van der Waals surface area contributed by atoms with Gasteiger partial charge in [-0.1, -0.05) is 0 Å². The zero-order valence-corrected chi connectivity index (χ0v) is 10.8. The molecule has 0 spiro atoms. The van der Waals surface area contributed by atoms with Crippen molar-refractivity contribution in [2.24, 2.45) is 0 Å². The number of carbonyl (C=O) groups is 1. The molecule has 2 heterocycles. The van der Waals surface area contributed by atoms with E-state index in [1.807, 2.05) is 19.0 Å². The fraction of sp³-hybridized carbons (Fsp3) is 0.917. The van der Waals surface area contributed by atoms with Crippen LogP contribution < -0.4 is 5.32 Å². The lowest BCUT2D eigenvalue weighted by Gasteiger charge is -2.39. The van der Waals surface area contributed by atoms with E-state index in [1.165, 1.54) is 0 Å². The van der Waals surface area contributed by atoms with Crippen molar-refractivity contribution in [3.8, 4) is 0 Å². The number of likely N-dealkylation sites (N-methyl/N-ethyl adjacent to an activating group) is 2. The fourth-order valence-corrected chi connectivity index (χ4v) is 2.64. The summed E-state index contributed by atoms with van der Waals surface area (Å²) >= 11 is 0. The average molecular weight is 241 g/mol. The maximum Gasteiger partial charge on any atom is 0.236 e. The summed E-state index contributed by atoms with van der Waals surface area (Å²) in [5.41, 5.74) is 0. The summed E-state index contributed by atoms with van der Waals surface area (Å²) in [6, 6.07) is 0.280. The number of piperazine rings is 1. The Hall–Kier alpha value is -0.650. The lowest BCUT2D eigenvalue weighted by Crippen LogP contribution is -2.58. The van der Waals surface area contributed by atoms with Crippen LogP contribution in [-0.2, 0) is 9.53 Å². The van der Waals surface area contributed by atoms with Crippen molar-refractivity contribution in [3.05, 3.63) is 0 Å². The first kappa shape index (κ1) is 12.8. The molecule has 0 aliphatic carbocycles. The van der Waals surface area contributed by atoms with Gasteiger partial charge in [0.25, 0.3) is 0 Å². The van der Waals surface area contributed by atoms with Gasteiger partial charge in [-0.05, 0) is 19.9 Å². The van der Waals surface area contributed by atoms with Crippen LogP contribution in [0.1, 0.15) is 12.8 Å². The number of ether oxygens (including phenoxy) is 1. The number of carbonyl (C=O) groups excluding carboxylic acids is 1. The van der Waals surface area contributed by atoms with Crippen LogP contribution in [0.2, 0.25) is 0 Å². The first-order chi connectivity index (χ1) is 8.20. The maximum absolute atomic E-state index is 11.9. The average Bonchev–Trinajstić information content (AvgIpc) is 2.78. The van der Waals surface area contributed by atoms with Gasteiger partial charge in [0.15, 0.2) is 0 Å². The van der Waals surface area contributed by atoms with Crippen LogP contribution >= 0.6 is 0 Å². The van der Waals surface area contributed by atoms with E-state index in [4.69, 9.17) is 4.74 Å². The van der Waals surface area contributed by atoms with Crippen molar-refractivity contribution < 1.29 is 9.53 Å². The highest BCUT2D eigenvalue weighted by atomic mass is 16.5. The number of rotatable bonds is 4. The number of nitrogens with one attached hydrogen (secondary N) is 1. The first-order valence-electron chi connectivity index (χ1n) is 6.45. The smallest absolute Gasteiger partial charge is 0.236 e. The van der Waals surface area contributed by atoms with Crippen LogP contribution in [0.4, 0.5) is 0 Å². The lowest BCUT2D eigenvalue weighted by atomic mass is 10.1. The highest BCUT2D eigenvalue weighted by molar-refractivity contribution is 5.79. The van der Waals surface area contributed by atoms with Crippen LogP contribution in [0.15, 0.2) is 0 Å². The Morgan fingerprint density at radius 3 is 3.00 bits per heavy atom. The van der Waals surface area contributed by atoms with Crippen LogP contribution in [0.25, 0.3) is 0 Å². The standard InChI is InChI=1S/C12H23N3O2/c1-13-6-10-7-15(9-12(16)14(10)2)8-11-4-3-5-17-11/h10-11,13H,3-9H2,1-2H3. The van der Waals surface area contributed by atoms with Gasteiger partial charge in [-0.3, -0.25) is 9.69 Å². The van der Waals surface area contributed by atoms with E-state index >= 15 is 0 Å². The van der Waals surface area contributed by atoms with Crippen molar-refractivity contribution in [1.29, 1.82) is 0 Å². The van der Waals surface area contributed by atoms with Crippen molar-refractivity contribution in [2.45, 2.75) is 25.0 Å². The molecule has 2 rings (SSSR count). The van der Waals surface area contributed by atoms with E-state index in [0.717, 1.165) is 39.1 Å². The van der Waals surface area contributed by atoms with Crippen LogP contribution in [0.5, 0.6) is 0 Å². The highest BCUT2D eigenvalue weighted by Crippen LogP contribution is 2.16. The molecule has 0 saturated carbocycles. The Morgan fingerprint density at radius 2 is 2.35 bits per heavy atom. The van der Waals surface area contributed by atoms with Crippen LogP contribution in [0.3, 0.4) is 0 Å². The minimum Gasteiger partial charge on any atom is -0.377 e. The number of nitrogens with zero attached hydrogens (tertiary/aromatic N) is 2. The molecule has 2 atom stereocenters. The third kappa shape index (κ3) is 3.18. The highest BCUT2D eigenvalue weighted by Gasteiger charge is 2.31. The van der Waals surface area contributed by atoms with E-state index in [-0.39, 0.29) is 11.9 Å². The summed E-state index contributed by atoms with van der Waals surface area (Å²) in [5.74, 6) is 0.217. The van der Waals surface area contributed by atoms with Gasteiger partial charge >= 0.3 is 0 Å². The molecule has 0 aromatic carbocycles. The normalized spacial score (nSPS) is 31.2. The van der Waals surface area contributed by atoms with E-state index in [1.54, 1.807) is 0 Å². The third-order valence-corrected chi connectivity index (χ3v) is 3.69. The summed E-state index contributed by atoms with van der Waals surface area (Å²) < 4.78 is 5.63. The summed E-state index contributed by atoms with van der Waals surface area (Å²) in [6.45, 7) is 4.12. The summed E-state index contributed by atoms with van der Waals surface area (Å²) in [4.78, 5) is 16.0. The van der Waals surface area contributed by atoms with Gasteiger partial charge in [-0.2, -0.15) is 0 Å². The van der Waals surface area contributed by atoms with Gasteiger partial charge < -0.3 is 15.0 Å². The molecule has 5 nitrogen and oxygen atoms in total. The van der Waals surface area contributed by atoms with Gasteiger partial charge in [-0.15, -0.1) is 0 Å². The Bertz CT molecular complexity index is 266. The zero-order chi connectivity index (χ0) is 12.3. The van der Waals surface area contributed by atoms with E-state index < -0.39 is 0 Å². The van der Waals surface area contributed by atoms with Crippen molar-refractivity contribution in [1.82, 2.24) is 15.1 Å².